The first-order valence-electron chi connectivity index (χ1n) is 35.6. The van der Waals surface area contributed by atoms with Crippen LogP contribution in [0.1, 0.15) is 138 Å². The molecule has 1 aliphatic rings. The molecule has 1 heterocycles. The molecule has 1 fully saturated rings. The van der Waals surface area contributed by atoms with Crippen molar-refractivity contribution in [3.63, 3.8) is 0 Å². The predicted molar refractivity (Wildman–Crippen MR) is 392 cm³/mol. The number of benzene rings is 3. The van der Waals surface area contributed by atoms with Crippen molar-refractivity contribution >= 4 is 83.0 Å². The van der Waals surface area contributed by atoms with Crippen LogP contribution in [0.25, 0.3) is 0 Å². The molecule has 0 aromatic heterocycles. The average Bonchev–Trinajstić information content (AvgIpc) is 0.805. The Labute approximate surface area is 627 Å². The molecule has 0 bridgehead atoms. The van der Waals surface area contributed by atoms with Gasteiger partial charge in [0, 0.05) is 19.4 Å². The highest BCUT2D eigenvalue weighted by atomic mass is 16.6. The van der Waals surface area contributed by atoms with Gasteiger partial charge in [0.2, 0.25) is 65.0 Å². The maximum absolute atomic E-state index is 15.9. The van der Waals surface area contributed by atoms with Crippen LogP contribution in [0.5, 0.6) is 5.75 Å². The Balaban J connectivity index is 2.08. The van der Waals surface area contributed by atoms with E-state index in [0.717, 1.165) is 6.92 Å². The minimum Gasteiger partial charge on any atom is -0.488 e. The zero-order valence-electron chi connectivity index (χ0n) is 63.2. The van der Waals surface area contributed by atoms with E-state index in [2.05, 4.69) is 53.2 Å². The fourth-order valence-electron chi connectivity index (χ4n) is 11.0. The van der Waals surface area contributed by atoms with Crippen LogP contribution in [0.4, 0.5) is 4.79 Å². The van der Waals surface area contributed by atoms with Crippen LogP contribution in [0.15, 0.2) is 84.9 Å². The molecule has 596 valence electrons. The molecular formula is C73H109N15O20. The Kier molecular flexibility index (Phi) is 35.1. The molecule has 108 heavy (non-hydrogen) atoms. The molecule has 0 saturated carbocycles. The normalized spacial score (nSPS) is 22.6. The Morgan fingerprint density at radius 1 is 0.611 bits per heavy atom. The molecule has 0 spiro atoms. The SMILES string of the molecule is CC[C@H](C)[C@@H]1NC(=O)[C@@H](CCCNC(=N)N)NC(=O)[C@H](CC(C)C)NC(=O)[C@H]([C@H](O)C(C)C)NC(=O)[C@@H](NC(=O)[C@H](Cc2ccc(OC(C)(C)C)cc2)NC(=O)[C@@H](Cc2ccccc2)NC(=O)OC(C)(C)C)[C@@H](c2ccccc2)OC(=O)[C@H](CO)NC(=O)[C@H]([C@H](O)C(N)=O)NC(=O)CNC(=O)[C@H]([C@H](C)O)NC1=O. The first kappa shape index (κ1) is 89.9. The van der Waals surface area contributed by atoms with Crippen molar-refractivity contribution in [3.05, 3.63) is 102 Å². The number of rotatable bonds is 25. The van der Waals surface area contributed by atoms with Crippen molar-refractivity contribution < 1.29 is 97.0 Å². The number of hydrogen-bond donors (Lipinski definition) is 19. The molecule has 0 unspecified atom stereocenters. The number of carbonyl (C=O) groups excluding carboxylic acids is 13. The molecule has 35 nitrogen and oxygen atoms in total. The first-order chi connectivity index (χ1) is 50.5. The van der Waals surface area contributed by atoms with Crippen LogP contribution in [0, 0.1) is 23.2 Å². The van der Waals surface area contributed by atoms with Crippen LogP contribution < -0.4 is 80.0 Å². The minimum atomic E-state index is -2.63. The molecule has 1 saturated heterocycles. The van der Waals surface area contributed by atoms with Crippen LogP contribution in [-0.4, -0.2) is 213 Å². The van der Waals surface area contributed by atoms with Gasteiger partial charge in [0.05, 0.1) is 25.4 Å². The highest BCUT2D eigenvalue weighted by Crippen LogP contribution is 2.26. The Morgan fingerprint density at radius 3 is 1.68 bits per heavy atom. The Bertz CT molecular complexity index is 3570. The fourth-order valence-corrected chi connectivity index (χ4v) is 11.0. The number of nitrogens with one attached hydrogen (secondary N) is 13. The molecule has 0 aliphatic carbocycles. The number of esters is 1. The van der Waals surface area contributed by atoms with E-state index in [4.69, 9.17) is 31.1 Å². The van der Waals surface area contributed by atoms with E-state index in [0.29, 0.717) is 16.9 Å². The van der Waals surface area contributed by atoms with Gasteiger partial charge in [0.25, 0.3) is 0 Å². The summed E-state index contributed by atoms with van der Waals surface area (Å²) in [7, 11) is 0. The second-order valence-electron chi connectivity index (χ2n) is 29.2. The smallest absolute Gasteiger partial charge is 0.408 e. The van der Waals surface area contributed by atoms with Gasteiger partial charge in [0.15, 0.2) is 24.2 Å². The van der Waals surface area contributed by atoms with Crippen molar-refractivity contribution in [1.29, 1.82) is 5.41 Å². The number of aliphatic hydroxyl groups is 4. The number of nitrogens with two attached hydrogens (primary N) is 2. The topological polar surface area (TPSA) is 551 Å². The van der Waals surface area contributed by atoms with Crippen LogP contribution in [0.3, 0.4) is 0 Å². The Morgan fingerprint density at radius 2 is 1.14 bits per heavy atom. The monoisotopic (exact) mass is 1520 g/mol. The first-order valence-corrected chi connectivity index (χ1v) is 35.6. The highest BCUT2D eigenvalue weighted by Gasteiger charge is 2.44. The van der Waals surface area contributed by atoms with Gasteiger partial charge in [0.1, 0.15) is 71.3 Å². The number of ether oxygens (including phenoxy) is 3. The zero-order chi connectivity index (χ0) is 81.1. The quantitative estimate of drug-likeness (QED) is 0.0187. The second kappa shape index (κ2) is 42.1. The summed E-state index contributed by atoms with van der Waals surface area (Å²) in [5.41, 5.74) is 9.99. The van der Waals surface area contributed by atoms with E-state index in [1.807, 2.05) is 31.4 Å². The second-order valence-corrected chi connectivity index (χ2v) is 29.2. The largest absolute Gasteiger partial charge is 0.488 e. The van der Waals surface area contributed by atoms with Crippen molar-refractivity contribution in [2.45, 2.75) is 225 Å². The summed E-state index contributed by atoms with van der Waals surface area (Å²) in [4.78, 5) is 188. The lowest BCUT2D eigenvalue weighted by atomic mass is 9.95. The van der Waals surface area contributed by atoms with Crippen LogP contribution in [-0.2, 0) is 79.8 Å². The third-order valence-corrected chi connectivity index (χ3v) is 16.8. The zero-order valence-corrected chi connectivity index (χ0v) is 63.2. The summed E-state index contributed by atoms with van der Waals surface area (Å²) in [6.45, 7) is 18.3. The molecule has 21 N–H and O–H groups in total. The van der Waals surface area contributed by atoms with Gasteiger partial charge in [-0.3, -0.25) is 58.1 Å². The van der Waals surface area contributed by atoms with E-state index in [-0.39, 0.29) is 44.2 Å². The van der Waals surface area contributed by atoms with Crippen molar-refractivity contribution in [2.24, 2.45) is 29.2 Å². The molecule has 35 heteroatoms. The summed E-state index contributed by atoms with van der Waals surface area (Å²) >= 11 is 0. The molecule has 3 aromatic rings. The summed E-state index contributed by atoms with van der Waals surface area (Å²) in [6.07, 6.45) is -10.2. The number of guanidine groups is 1. The summed E-state index contributed by atoms with van der Waals surface area (Å²) in [5.74, 6) is -17.5. The molecule has 3 aromatic carbocycles. The number of carbonyl (C=O) groups is 13. The predicted octanol–water partition coefficient (Wildman–Crippen LogP) is -2.09. The lowest BCUT2D eigenvalue weighted by molar-refractivity contribution is -0.159. The number of hydrogen-bond acceptors (Lipinski definition) is 21. The third-order valence-electron chi connectivity index (χ3n) is 16.8. The number of primary amides is 1. The van der Waals surface area contributed by atoms with Gasteiger partial charge in [-0.1, -0.05) is 121 Å². The third kappa shape index (κ3) is 29.7. The summed E-state index contributed by atoms with van der Waals surface area (Å²) in [5, 5.41) is 81.9. The molecule has 15 atom stereocenters. The number of amides is 12. The summed E-state index contributed by atoms with van der Waals surface area (Å²) < 4.78 is 17.6. The lowest BCUT2D eigenvalue weighted by Crippen LogP contribution is -2.64. The summed E-state index contributed by atoms with van der Waals surface area (Å²) in [6, 6.07) is 2.63. The van der Waals surface area contributed by atoms with Gasteiger partial charge < -0.3 is 110 Å². The van der Waals surface area contributed by atoms with Gasteiger partial charge in [-0.05, 0) is 114 Å². The number of aliphatic hydroxyl groups excluding tert-OH is 4. The van der Waals surface area contributed by atoms with E-state index in [1.54, 1.807) is 103 Å². The molecular weight excluding hydrogens is 1410 g/mol. The van der Waals surface area contributed by atoms with Gasteiger partial charge in [-0.2, -0.15) is 0 Å². The van der Waals surface area contributed by atoms with Crippen LogP contribution >= 0.6 is 0 Å². The van der Waals surface area contributed by atoms with E-state index >= 15 is 14.4 Å². The maximum atomic E-state index is 15.9. The molecule has 1 aliphatic heterocycles. The molecule has 4 rings (SSSR count). The highest BCUT2D eigenvalue weighted by molar-refractivity contribution is 6.00. The maximum Gasteiger partial charge on any atom is 0.408 e. The number of alkyl carbamates (subject to hydrolysis) is 1. The van der Waals surface area contributed by atoms with Crippen molar-refractivity contribution in [3.8, 4) is 5.75 Å². The van der Waals surface area contributed by atoms with E-state index < -0.39 is 216 Å². The standard InChI is InChI=1S/C73H109N15O20/c1-14-39(6)51-65(100)86-52(40(7)90)64(99)78-35-50(91)84-54(57(93)59(74)94)67(102)82-49(36-89)69(104)106-58(43-24-19-16-20-25-43)55(68(103)87-53(56(92)38(4)5)66(101)81-46(32-37(2)3)61(96)79-45(60(95)85-51)26-21-31-77-70(75)76)88-63(98)47(34-42-27-29-44(30-28-42)107-72(8,9)10)80-62(97)48(33-41-22-17-15-18-23-41)83-71(105)108-73(11,12)13/h15-20,22-25,27-30,37-40,45-49,51-58,89-90,92-93H,14,21,26,31-36H2,1-13H3,(H2,74,94)(H,78,99)(H,79,96)(H,80,97)(H,81,101)(H,82,102)(H,83,105)(H,84,91)(H,85,95)(H,86,100)(H,87,103)(H,88,98)(H4,75,76,77)/t39-,40-,45+,46-,47-,48+,49-,51-,52-,53-,54-,55-,56+,57-,58+/m0/s1. The van der Waals surface area contributed by atoms with Crippen molar-refractivity contribution in [1.82, 2.24) is 63.8 Å². The van der Waals surface area contributed by atoms with Gasteiger partial charge >= 0.3 is 12.1 Å². The number of cyclic esters (lactones) is 1. The molecule has 12 amide bonds. The minimum absolute atomic E-state index is 0.0131. The lowest BCUT2D eigenvalue weighted by Gasteiger charge is -2.33. The molecule has 0 radical (unpaired) electrons. The average molecular weight is 1520 g/mol. The van der Waals surface area contributed by atoms with E-state index in [1.165, 1.54) is 44.2 Å². The fraction of sp³-hybridized carbons (Fsp3) is 0.562. The Hall–Kier alpha value is -10.5. The van der Waals surface area contributed by atoms with Gasteiger partial charge in [-0.25, -0.2) is 9.59 Å². The van der Waals surface area contributed by atoms with E-state index in [9.17, 15) is 68.4 Å². The van der Waals surface area contributed by atoms with Gasteiger partial charge in [-0.15, -0.1) is 0 Å². The van der Waals surface area contributed by atoms with Crippen LogP contribution in [0.2, 0.25) is 0 Å². The van der Waals surface area contributed by atoms with Crippen molar-refractivity contribution in [2.75, 3.05) is 19.7 Å².